The zero-order chi connectivity index (χ0) is 56.8. The molecule has 0 bridgehead atoms. The molecule has 0 N–H and O–H groups in total. The Labute approximate surface area is 503 Å². The normalized spacial score (nSPS) is 11.4. The minimum atomic E-state index is 0.560. The molecule has 0 aliphatic heterocycles. The third kappa shape index (κ3) is 9.63. The fourth-order valence-electron chi connectivity index (χ4n) is 12.0. The number of hydrogen-bond acceptors (Lipinski definition) is 3. The summed E-state index contributed by atoms with van der Waals surface area (Å²) in [5.74, 6) is 1.92. The Morgan fingerprint density at radius 1 is 0.365 bits per heavy atom. The fourth-order valence-corrected chi connectivity index (χ4v) is 13.0. The number of ether oxygens (including phenoxy) is 1. The van der Waals surface area contributed by atoms with E-state index in [0.717, 1.165) is 137 Å². The number of rotatable bonds is 12. The Bertz CT molecular complexity index is 4790. The minimum absolute atomic E-state index is 0.560. The van der Waals surface area contributed by atoms with Crippen molar-refractivity contribution >= 4 is 32.8 Å². The zero-order valence-corrected chi connectivity index (χ0v) is 48.4. The van der Waals surface area contributed by atoms with Gasteiger partial charge in [0.25, 0.3) is 0 Å². The van der Waals surface area contributed by atoms with Gasteiger partial charge in [0.15, 0.2) is 0 Å². The van der Waals surface area contributed by atoms with Crippen molar-refractivity contribution in [1.29, 1.82) is 0 Å². The third-order valence-electron chi connectivity index (χ3n) is 15.9. The Kier molecular flexibility index (Phi) is 13.3. The van der Waals surface area contributed by atoms with Gasteiger partial charge in [-0.3, -0.25) is 4.98 Å². The first-order chi connectivity index (χ1) is 42.0. The molecule has 0 aliphatic carbocycles. The average Bonchev–Trinajstić information content (AvgIpc) is 2.29. The topological polar surface area (TPSA) is 49.8 Å². The maximum atomic E-state index is 6.85. The van der Waals surface area contributed by atoms with Gasteiger partial charge in [-0.25, -0.2) is 0 Å². The van der Waals surface area contributed by atoms with Gasteiger partial charge in [0, 0.05) is 29.7 Å². The van der Waals surface area contributed by atoms with Crippen LogP contribution in [0.2, 0.25) is 0 Å². The molecule has 0 atom stereocenters. The van der Waals surface area contributed by atoms with Gasteiger partial charge in [-0.2, -0.15) is 0 Å². The number of fused-ring (bicyclic) bond motifs is 4. The molecule has 0 fully saturated rings. The molecule has 4 heterocycles. The summed E-state index contributed by atoms with van der Waals surface area (Å²) >= 11 is 2.53. The predicted molar refractivity (Wildman–Crippen MR) is 343 cm³/mol. The molecule has 0 spiro atoms. The maximum absolute atomic E-state index is 6.85. The molecule has 15 rings (SSSR count). The average molecular weight is 1270 g/mol. The van der Waals surface area contributed by atoms with Crippen molar-refractivity contribution in [2.75, 3.05) is 0 Å². The first-order valence-corrected chi connectivity index (χ1v) is 29.5. The molecule has 0 radical (unpaired) electrons. The van der Waals surface area contributed by atoms with Gasteiger partial charge in [-0.05, 0) is 18.6 Å². The van der Waals surface area contributed by atoms with Crippen molar-refractivity contribution in [1.82, 2.24) is 23.7 Å². The van der Waals surface area contributed by atoms with E-state index in [1.807, 2.05) is 36.7 Å². The predicted octanol–water partition coefficient (Wildman–Crippen LogP) is 19.8. The number of nitrogens with zero attached hydrogens (tertiary/aromatic N) is 5. The molecule has 0 saturated heterocycles. The van der Waals surface area contributed by atoms with Gasteiger partial charge < -0.3 is 0 Å². The summed E-state index contributed by atoms with van der Waals surface area (Å²) in [7, 11) is 0. The molecular weight excluding hydrogens is 1220 g/mol. The molecule has 7 heteroatoms. The van der Waals surface area contributed by atoms with E-state index in [4.69, 9.17) is 9.72 Å². The molecule has 0 saturated carbocycles. The van der Waals surface area contributed by atoms with Crippen molar-refractivity contribution in [3.63, 3.8) is 0 Å². The summed E-state index contributed by atoms with van der Waals surface area (Å²) in [6, 6.07) is 105. The van der Waals surface area contributed by atoms with E-state index in [1.165, 1.54) is 0 Å². The van der Waals surface area contributed by atoms with Crippen LogP contribution in [0, 0.1) is 22.9 Å². The van der Waals surface area contributed by atoms with E-state index in [1.54, 1.807) is 6.20 Å². The van der Waals surface area contributed by atoms with Crippen molar-refractivity contribution in [3.05, 3.63) is 313 Å². The standard InChI is InChI=1S/C78H51N5O.Pt/c1-53-41-77(80-51-72(53)58-29-20-40-79-50-58)83-73-35-15-14-32-70(73)71-39-38-67(49-76(71)83)84-66-31-18-30-65(48-66)81-52-82(75-37-17-16-36-74(75)81)78-68(63-44-59(54-21-6-2-7-22-54)42-60(45-63)55-23-8-3-9-24-55)33-19-34-69(78)64-46-61(56-25-10-4-11-26-56)43-62(47-64)57-27-12-5-13-28-57;/h2-47,50-51H,1H3;/q-2;. The van der Waals surface area contributed by atoms with Crippen LogP contribution in [0.4, 0.5) is 0 Å². The molecule has 6 nitrogen and oxygen atoms in total. The van der Waals surface area contributed by atoms with Crippen LogP contribution in [-0.4, -0.2) is 23.7 Å². The van der Waals surface area contributed by atoms with Crippen LogP contribution < -0.4 is 4.74 Å². The third-order valence-corrected chi connectivity index (χ3v) is 17.0. The second-order valence-corrected chi connectivity index (χ2v) is 22.2. The number of para-hydroxylation sites is 4. The van der Waals surface area contributed by atoms with Gasteiger partial charge in [0.05, 0.1) is 0 Å². The Morgan fingerprint density at radius 3 is 1.41 bits per heavy atom. The molecule has 0 aliphatic rings. The Morgan fingerprint density at radius 2 is 0.859 bits per heavy atom. The van der Waals surface area contributed by atoms with Gasteiger partial charge in [0.1, 0.15) is 0 Å². The summed E-state index contributed by atoms with van der Waals surface area (Å²) in [5.41, 5.74) is 22.5. The first kappa shape index (κ1) is 51.4. The second kappa shape index (κ2) is 22.0. The number of hydrogen-bond donors (Lipinski definition) is 0. The molecule has 85 heavy (non-hydrogen) atoms. The summed E-state index contributed by atoms with van der Waals surface area (Å²) < 4.78 is 14.7. The summed E-state index contributed by atoms with van der Waals surface area (Å²) in [6.45, 7) is 2.12. The van der Waals surface area contributed by atoms with Gasteiger partial charge >= 0.3 is 436 Å². The molecular formula is C78H51N5OPt-2. The van der Waals surface area contributed by atoms with E-state index in [9.17, 15) is 0 Å². The van der Waals surface area contributed by atoms with Crippen LogP contribution in [0.3, 0.4) is 0 Å². The second-order valence-electron chi connectivity index (χ2n) is 21.2. The van der Waals surface area contributed by atoms with Gasteiger partial charge in [-0.1, -0.05) is 18.2 Å². The monoisotopic (exact) mass is 1270 g/mol. The van der Waals surface area contributed by atoms with Crippen LogP contribution >= 0.6 is 0 Å². The molecule has 4 aromatic heterocycles. The molecule has 15 aromatic rings. The summed E-state index contributed by atoms with van der Waals surface area (Å²) in [5, 5.41) is 2.16. The van der Waals surface area contributed by atoms with E-state index < -0.39 is 0 Å². The summed E-state index contributed by atoms with van der Waals surface area (Å²) in [6.07, 6.45) is 5.61. The number of pyridine rings is 2. The first-order valence-electron chi connectivity index (χ1n) is 28.3. The van der Waals surface area contributed by atoms with Crippen LogP contribution in [0.15, 0.2) is 292 Å². The number of benzene rings is 11. The molecule has 11 aromatic carbocycles. The molecule has 406 valence electrons. The van der Waals surface area contributed by atoms with Crippen LogP contribution in [0.5, 0.6) is 11.5 Å². The number of imidazole rings is 1. The van der Waals surface area contributed by atoms with Gasteiger partial charge in [-0.15, -0.1) is 0 Å². The fraction of sp³-hybridized carbons (Fsp3) is 0.0128. The quantitative estimate of drug-likeness (QED) is 0.115. The van der Waals surface area contributed by atoms with Crippen molar-refractivity contribution in [2.45, 2.75) is 6.92 Å². The Balaban J connectivity index is 0.907. The van der Waals surface area contributed by atoms with Crippen molar-refractivity contribution in [2.24, 2.45) is 0 Å². The van der Waals surface area contributed by atoms with E-state index in [0.29, 0.717) is 11.5 Å². The van der Waals surface area contributed by atoms with Crippen LogP contribution in [0.25, 0.3) is 128 Å². The van der Waals surface area contributed by atoms with E-state index in [-0.39, 0.29) is 0 Å². The summed E-state index contributed by atoms with van der Waals surface area (Å²) in [4.78, 5) is 9.41. The smallest absolute Gasteiger partial charge is 0.264 e. The van der Waals surface area contributed by atoms with Crippen LogP contribution in [-0.2, 0) is 19.4 Å². The van der Waals surface area contributed by atoms with Crippen LogP contribution in [0.1, 0.15) is 5.56 Å². The van der Waals surface area contributed by atoms with Crippen molar-refractivity contribution in [3.8, 4) is 107 Å². The Hall–Kier alpha value is -10.5. The minimum Gasteiger partial charge on any atom is -0.264 e. The number of aryl methyl sites for hydroxylation is 1. The zero-order valence-electron chi connectivity index (χ0n) is 46.2. The van der Waals surface area contributed by atoms with E-state index >= 15 is 0 Å². The number of aromatic nitrogens is 5. The molecule has 0 amide bonds. The SMILES string of the molecule is Cc1cc(-n2c3[c-]c(Oc4[c-]c(-n5[c](=[Pt])n(-c6c(-c7cc(-c8ccccc8)cc(-c8ccccc8)c7)cccc6-c6cc(-c7ccccc7)cc(-c7ccccc7)c6)c6ccccc65)ccc4)ccc3c3ccccc32)ncc1-c1cccnc1. The van der Waals surface area contributed by atoms with Gasteiger partial charge in [0.2, 0.25) is 0 Å². The van der Waals surface area contributed by atoms with E-state index in [2.05, 4.69) is 306 Å². The molecule has 0 unspecified atom stereocenters. The van der Waals surface area contributed by atoms with Crippen molar-refractivity contribution < 1.29 is 24.1 Å².